The highest BCUT2D eigenvalue weighted by Gasteiger charge is 2.18. The summed E-state index contributed by atoms with van der Waals surface area (Å²) >= 11 is 1.36. The van der Waals surface area contributed by atoms with Gasteiger partial charge in [-0.25, -0.2) is 0 Å². The third-order valence-corrected chi connectivity index (χ3v) is 4.47. The van der Waals surface area contributed by atoms with Crippen LogP contribution in [0.1, 0.15) is 16.8 Å². The van der Waals surface area contributed by atoms with Crippen molar-refractivity contribution >= 4 is 22.0 Å². The van der Waals surface area contributed by atoms with Gasteiger partial charge in [0.25, 0.3) is 0 Å². The maximum atomic E-state index is 11.5. The largest absolute Gasteiger partial charge is 0.374 e. The van der Waals surface area contributed by atoms with E-state index in [0.29, 0.717) is 5.13 Å². The summed E-state index contributed by atoms with van der Waals surface area (Å²) in [6, 6.07) is 11.4. The number of rotatable bonds is 2. The molecule has 0 unspecified atom stereocenters. The summed E-state index contributed by atoms with van der Waals surface area (Å²) < 4.78 is 0. The molecule has 22 heavy (non-hydrogen) atoms. The van der Waals surface area contributed by atoms with Crippen molar-refractivity contribution in [2.75, 3.05) is 5.73 Å². The molecule has 0 bridgehead atoms. The average molecular weight is 308 g/mol. The lowest BCUT2D eigenvalue weighted by molar-refractivity contribution is 1.10. The lowest BCUT2D eigenvalue weighted by Gasteiger charge is -2.07. The van der Waals surface area contributed by atoms with Crippen molar-refractivity contribution in [3.8, 4) is 10.6 Å². The number of anilines is 1. The molecule has 0 aliphatic heterocycles. The van der Waals surface area contributed by atoms with Gasteiger partial charge in [0.1, 0.15) is 5.01 Å². The maximum Gasteiger partial charge on any atom is 0.248 e. The van der Waals surface area contributed by atoms with Gasteiger partial charge in [-0.3, -0.25) is 4.79 Å². The summed E-state index contributed by atoms with van der Waals surface area (Å²) in [5.41, 5.74) is 10.8. The molecule has 1 aromatic carbocycles. The maximum absolute atomic E-state index is 11.5. The highest BCUT2D eigenvalue weighted by atomic mass is 32.1. The van der Waals surface area contributed by atoms with Crippen molar-refractivity contribution in [1.82, 2.24) is 15.2 Å². The van der Waals surface area contributed by atoms with Gasteiger partial charge < -0.3 is 10.7 Å². The molecule has 5 nitrogen and oxygen atoms in total. The van der Waals surface area contributed by atoms with Gasteiger partial charge in [0.15, 0.2) is 0 Å². The zero-order valence-electron chi connectivity index (χ0n) is 11.5. The number of aromatic nitrogens is 3. The van der Waals surface area contributed by atoms with E-state index in [1.54, 1.807) is 6.07 Å². The highest BCUT2D eigenvalue weighted by molar-refractivity contribution is 7.18. The fraction of sp³-hybridized carbons (Fsp3) is 0.0625. The number of H-pyrrole nitrogens is 1. The normalized spacial score (nSPS) is 13.0. The SMILES string of the molecule is Nc1nnc(-c2ccc3c(c2)C(c2cccc(=O)[nH]2)=CC3)s1. The summed E-state index contributed by atoms with van der Waals surface area (Å²) in [6.07, 6.45) is 2.99. The van der Waals surface area contributed by atoms with Gasteiger partial charge in [-0.15, -0.1) is 10.2 Å². The molecule has 4 rings (SSSR count). The monoisotopic (exact) mass is 308 g/mol. The van der Waals surface area contributed by atoms with Crippen molar-refractivity contribution in [3.05, 3.63) is 69.6 Å². The van der Waals surface area contributed by atoms with E-state index in [0.717, 1.165) is 33.8 Å². The van der Waals surface area contributed by atoms with Gasteiger partial charge in [-0.05, 0) is 29.7 Å². The summed E-state index contributed by atoms with van der Waals surface area (Å²) in [4.78, 5) is 14.4. The van der Waals surface area contributed by atoms with Gasteiger partial charge >= 0.3 is 0 Å². The molecule has 0 fully saturated rings. The van der Waals surface area contributed by atoms with Crippen LogP contribution in [0.3, 0.4) is 0 Å². The molecule has 0 saturated heterocycles. The minimum absolute atomic E-state index is 0.0973. The van der Waals surface area contributed by atoms with Crippen LogP contribution in [-0.2, 0) is 6.42 Å². The van der Waals surface area contributed by atoms with Crippen LogP contribution in [0.25, 0.3) is 16.1 Å². The predicted octanol–water partition coefficient (Wildman–Crippen LogP) is 2.46. The molecular formula is C16H12N4OS. The third-order valence-electron chi connectivity index (χ3n) is 3.67. The van der Waals surface area contributed by atoms with Crippen LogP contribution in [0.2, 0.25) is 0 Å². The van der Waals surface area contributed by atoms with Crippen molar-refractivity contribution in [3.63, 3.8) is 0 Å². The van der Waals surface area contributed by atoms with E-state index >= 15 is 0 Å². The molecule has 3 N–H and O–H groups in total. The second-order valence-electron chi connectivity index (χ2n) is 5.07. The summed E-state index contributed by atoms with van der Waals surface area (Å²) in [6.45, 7) is 0. The summed E-state index contributed by atoms with van der Waals surface area (Å²) in [5.74, 6) is 0. The Kier molecular flexibility index (Phi) is 2.90. The van der Waals surface area contributed by atoms with Crippen LogP contribution < -0.4 is 11.3 Å². The fourth-order valence-corrected chi connectivity index (χ4v) is 3.28. The number of benzene rings is 1. The Balaban J connectivity index is 1.81. The Morgan fingerprint density at radius 3 is 2.86 bits per heavy atom. The van der Waals surface area contributed by atoms with Crippen LogP contribution in [0, 0.1) is 0 Å². The molecule has 2 aromatic heterocycles. The molecule has 2 heterocycles. The second kappa shape index (κ2) is 4.92. The topological polar surface area (TPSA) is 84.7 Å². The molecule has 108 valence electrons. The number of nitrogens with one attached hydrogen (secondary N) is 1. The third kappa shape index (κ3) is 2.14. The highest BCUT2D eigenvalue weighted by Crippen LogP contribution is 2.35. The Bertz CT molecular complexity index is 955. The molecular weight excluding hydrogens is 296 g/mol. The minimum atomic E-state index is -0.0973. The first-order valence-electron chi connectivity index (χ1n) is 6.83. The number of nitrogens with zero attached hydrogens (tertiary/aromatic N) is 2. The van der Waals surface area contributed by atoms with Gasteiger partial charge in [-0.1, -0.05) is 35.6 Å². The molecule has 0 amide bonds. The number of nitrogen functional groups attached to an aromatic ring is 1. The zero-order chi connectivity index (χ0) is 15.1. The quantitative estimate of drug-likeness (QED) is 0.761. The average Bonchev–Trinajstić information content (AvgIpc) is 3.12. The standard InChI is InChI=1S/C16H12N4OS/c17-16-20-19-15(22-16)10-5-4-9-6-7-11(12(9)8-10)13-2-1-3-14(21)18-13/h1-5,7-8H,6H2,(H2,17,20)(H,18,21). The number of aromatic amines is 1. The van der Waals surface area contributed by atoms with Crippen molar-refractivity contribution in [2.24, 2.45) is 0 Å². The smallest absolute Gasteiger partial charge is 0.248 e. The molecule has 0 spiro atoms. The van der Waals surface area contributed by atoms with Gasteiger partial charge in [0.05, 0.1) is 0 Å². The van der Waals surface area contributed by atoms with Crippen molar-refractivity contribution < 1.29 is 0 Å². The summed E-state index contributed by atoms with van der Waals surface area (Å²) in [5, 5.41) is 9.21. The predicted molar refractivity (Wildman–Crippen MR) is 87.6 cm³/mol. The van der Waals surface area contributed by atoms with Crippen LogP contribution in [0.5, 0.6) is 0 Å². The molecule has 6 heteroatoms. The van der Waals surface area contributed by atoms with Crippen molar-refractivity contribution in [2.45, 2.75) is 6.42 Å². The number of hydrogen-bond acceptors (Lipinski definition) is 5. The van der Waals surface area contributed by atoms with Gasteiger partial charge in [-0.2, -0.15) is 0 Å². The minimum Gasteiger partial charge on any atom is -0.374 e. The van der Waals surface area contributed by atoms with Crippen LogP contribution in [-0.4, -0.2) is 15.2 Å². The fourth-order valence-electron chi connectivity index (χ4n) is 2.67. The number of hydrogen-bond donors (Lipinski definition) is 2. The van der Waals surface area contributed by atoms with E-state index in [4.69, 9.17) is 5.73 Å². The zero-order valence-corrected chi connectivity index (χ0v) is 12.4. The number of fused-ring (bicyclic) bond motifs is 1. The van der Waals surface area contributed by atoms with E-state index in [9.17, 15) is 4.79 Å². The molecule has 0 radical (unpaired) electrons. The first-order valence-corrected chi connectivity index (χ1v) is 7.65. The van der Waals surface area contributed by atoms with Crippen LogP contribution in [0.15, 0.2) is 47.3 Å². The van der Waals surface area contributed by atoms with E-state index in [1.807, 2.05) is 12.1 Å². The number of nitrogens with two attached hydrogens (primary N) is 1. The van der Waals surface area contributed by atoms with Crippen LogP contribution >= 0.6 is 11.3 Å². The Morgan fingerprint density at radius 1 is 1.18 bits per heavy atom. The lowest BCUT2D eigenvalue weighted by Crippen LogP contribution is -2.05. The van der Waals surface area contributed by atoms with Crippen molar-refractivity contribution in [1.29, 1.82) is 0 Å². The molecule has 0 atom stereocenters. The second-order valence-corrected chi connectivity index (χ2v) is 6.08. The van der Waals surface area contributed by atoms with E-state index in [1.165, 1.54) is 23.0 Å². The molecule has 1 aliphatic rings. The lowest BCUT2D eigenvalue weighted by atomic mass is 10.0. The first kappa shape index (κ1) is 13.0. The number of allylic oxidation sites excluding steroid dienone is 1. The Labute approximate surface area is 130 Å². The summed E-state index contributed by atoms with van der Waals surface area (Å²) in [7, 11) is 0. The van der Waals surface area contributed by atoms with Gasteiger partial charge in [0.2, 0.25) is 10.7 Å². The molecule has 1 aliphatic carbocycles. The molecule has 0 saturated carbocycles. The van der Waals surface area contributed by atoms with E-state index in [-0.39, 0.29) is 5.56 Å². The van der Waals surface area contributed by atoms with Crippen LogP contribution in [0.4, 0.5) is 5.13 Å². The Morgan fingerprint density at radius 2 is 2.09 bits per heavy atom. The first-order chi connectivity index (χ1) is 10.7. The molecule has 3 aromatic rings. The number of pyridine rings is 1. The Hall–Kier alpha value is -2.73. The van der Waals surface area contributed by atoms with E-state index < -0.39 is 0 Å². The van der Waals surface area contributed by atoms with Gasteiger partial charge in [0, 0.05) is 22.9 Å². The van der Waals surface area contributed by atoms with E-state index in [2.05, 4.69) is 33.4 Å².